The number of thiophene rings is 1. The first-order valence-corrected chi connectivity index (χ1v) is 14.5. The second-order valence-corrected chi connectivity index (χ2v) is 13.0. The van der Waals surface area contributed by atoms with Crippen LogP contribution in [-0.4, -0.2) is 51.7 Å². The van der Waals surface area contributed by atoms with Gasteiger partial charge >= 0.3 is 0 Å². The van der Waals surface area contributed by atoms with Crippen LogP contribution in [0.5, 0.6) is 0 Å². The number of nitrogens with zero attached hydrogens (tertiary/aromatic N) is 4. The fourth-order valence-corrected chi connectivity index (χ4v) is 7.05. The Morgan fingerprint density at radius 1 is 1.32 bits per heavy atom. The second kappa shape index (κ2) is 10.6. The third-order valence-electron chi connectivity index (χ3n) is 7.45. The van der Waals surface area contributed by atoms with Crippen molar-refractivity contribution in [1.29, 1.82) is 0 Å². The molecule has 0 radical (unpaired) electrons. The minimum Gasteiger partial charge on any atom is -0.333 e. The van der Waals surface area contributed by atoms with Gasteiger partial charge in [0.15, 0.2) is 5.41 Å². The van der Waals surface area contributed by atoms with Crippen molar-refractivity contribution in [2.24, 2.45) is 0 Å². The summed E-state index contributed by atoms with van der Waals surface area (Å²) in [6.07, 6.45) is 7.94. The summed E-state index contributed by atoms with van der Waals surface area (Å²) in [6.45, 7) is 6.29. The van der Waals surface area contributed by atoms with E-state index in [1.54, 1.807) is 10.8 Å². The number of hydrogen-bond donors (Lipinski definition) is 0. The van der Waals surface area contributed by atoms with E-state index in [0.29, 0.717) is 35.7 Å². The summed E-state index contributed by atoms with van der Waals surface area (Å²) in [5.41, 5.74) is 4.28. The summed E-state index contributed by atoms with van der Waals surface area (Å²) >= 11 is 8.02. The maximum atomic E-state index is 15.2. The monoisotopic (exact) mass is 558 g/mol. The van der Waals surface area contributed by atoms with Crippen LogP contribution >= 0.6 is 32.2 Å². The van der Waals surface area contributed by atoms with Crippen molar-refractivity contribution in [3.8, 4) is 11.1 Å². The third-order valence-corrected chi connectivity index (χ3v) is 8.99. The number of carbonyl (C=O) groups is 1. The smallest absolute Gasteiger partial charge is 0.246 e. The number of aryl methyl sites for hydroxylation is 1. The molecule has 0 saturated carbocycles. The normalized spacial score (nSPS) is 21.9. The molecular formula is C28H33ClFN4OPS. The lowest BCUT2D eigenvalue weighted by atomic mass is 9.83. The fourth-order valence-electron chi connectivity index (χ4n) is 5.48. The van der Waals surface area contributed by atoms with Gasteiger partial charge in [0.2, 0.25) is 5.91 Å². The summed E-state index contributed by atoms with van der Waals surface area (Å²) in [5.74, 6) is -0.0675. The lowest BCUT2D eigenvalue weighted by molar-refractivity contribution is -0.127. The Balaban J connectivity index is 1.54. The molecule has 37 heavy (non-hydrogen) atoms. The van der Waals surface area contributed by atoms with Crippen LogP contribution in [0.1, 0.15) is 54.3 Å². The highest BCUT2D eigenvalue weighted by atomic mass is 35.5. The maximum absolute atomic E-state index is 15.2. The quantitative estimate of drug-likeness (QED) is 0.259. The first-order valence-electron chi connectivity index (χ1n) is 12.8. The SMILES string of the molecule is CCn1cc(-c2ccccc2[C@@H]2CN(C(=O)/C=C/C3CCCN3C)Cc3sc(Cl)cc32)c(C(C)(F)P)n1. The Bertz CT molecular complexity index is 1330. The first kappa shape index (κ1) is 26.6. The van der Waals surface area contributed by atoms with Crippen LogP contribution in [0, 0.1) is 0 Å². The molecule has 1 fully saturated rings. The molecule has 4 heterocycles. The highest BCUT2D eigenvalue weighted by Crippen LogP contribution is 2.45. The Kier molecular flexibility index (Phi) is 7.61. The van der Waals surface area contributed by atoms with Crippen LogP contribution in [0.25, 0.3) is 11.1 Å². The van der Waals surface area contributed by atoms with Crippen LogP contribution in [0.15, 0.2) is 48.7 Å². The van der Waals surface area contributed by atoms with E-state index in [4.69, 9.17) is 11.6 Å². The van der Waals surface area contributed by atoms with Gasteiger partial charge in [-0.15, -0.1) is 11.3 Å². The molecule has 5 rings (SSSR count). The molecule has 2 aliphatic rings. The van der Waals surface area contributed by atoms with Gasteiger partial charge in [0, 0.05) is 47.8 Å². The van der Waals surface area contributed by atoms with Crippen molar-refractivity contribution in [2.75, 3.05) is 20.1 Å². The topological polar surface area (TPSA) is 41.4 Å². The van der Waals surface area contributed by atoms with Crippen molar-refractivity contribution in [1.82, 2.24) is 19.6 Å². The second-order valence-electron chi connectivity index (χ2n) is 10.2. The summed E-state index contributed by atoms with van der Waals surface area (Å²) < 4.78 is 17.7. The minimum absolute atomic E-state index is 0.0127. The number of aromatic nitrogens is 2. The predicted molar refractivity (Wildman–Crippen MR) is 153 cm³/mol. The molecule has 9 heteroatoms. The highest BCUT2D eigenvalue weighted by molar-refractivity contribution is 7.18. The Labute approximate surface area is 229 Å². The number of likely N-dealkylation sites (tertiary alicyclic amines) is 1. The lowest BCUT2D eigenvalue weighted by Gasteiger charge is -2.33. The Morgan fingerprint density at radius 3 is 2.81 bits per heavy atom. The zero-order valence-corrected chi connectivity index (χ0v) is 24.2. The number of halogens is 2. The molecule has 4 atom stereocenters. The summed E-state index contributed by atoms with van der Waals surface area (Å²) in [7, 11) is 4.38. The molecule has 0 N–H and O–H groups in total. The molecule has 0 spiro atoms. The predicted octanol–water partition coefficient (Wildman–Crippen LogP) is 6.43. The van der Waals surface area contributed by atoms with Crippen LogP contribution in [0.2, 0.25) is 4.34 Å². The van der Waals surface area contributed by atoms with Crippen LogP contribution in [0.4, 0.5) is 4.39 Å². The molecule has 1 aromatic carbocycles. The number of likely N-dealkylation sites (N-methyl/N-ethyl adjacent to an activating group) is 1. The standard InChI is InChI=1S/C28H33ClFN4OPS/c1-4-34-16-23(27(31-34)28(2,30)36)20-10-6-5-9-19(20)22-15-33(17-24-21(22)14-25(29)37-24)26(35)12-11-18-8-7-13-32(18)3/h5-6,9-12,14,16,18,22H,4,7-8,13,15,17,36H2,1-3H3/b12-11+/t18?,22-,28?/m0/s1. The molecule has 1 amide bonds. The molecular weight excluding hydrogens is 526 g/mol. The number of alkyl halides is 1. The first-order chi connectivity index (χ1) is 17.7. The van der Waals surface area contributed by atoms with Crippen molar-refractivity contribution in [2.45, 2.75) is 57.1 Å². The molecule has 2 aromatic heterocycles. The van der Waals surface area contributed by atoms with E-state index in [0.717, 1.165) is 46.5 Å². The summed E-state index contributed by atoms with van der Waals surface area (Å²) in [4.78, 5) is 18.7. The molecule has 5 nitrogen and oxygen atoms in total. The van der Waals surface area contributed by atoms with E-state index in [2.05, 4.69) is 32.4 Å². The largest absolute Gasteiger partial charge is 0.333 e. The van der Waals surface area contributed by atoms with Gasteiger partial charge in [-0.05, 0) is 63.0 Å². The van der Waals surface area contributed by atoms with E-state index >= 15 is 4.39 Å². The average Bonchev–Trinajstić information content (AvgIpc) is 3.58. The van der Waals surface area contributed by atoms with Crippen molar-refractivity contribution >= 4 is 38.1 Å². The van der Waals surface area contributed by atoms with Crippen LogP contribution in [0.3, 0.4) is 0 Å². The van der Waals surface area contributed by atoms with Gasteiger partial charge < -0.3 is 4.90 Å². The summed E-state index contributed by atoms with van der Waals surface area (Å²) in [5, 5.41) is 2.87. The number of rotatable bonds is 6. The van der Waals surface area contributed by atoms with E-state index in [1.165, 1.54) is 18.3 Å². The average molecular weight is 559 g/mol. The van der Waals surface area contributed by atoms with Gasteiger partial charge in [-0.2, -0.15) is 5.10 Å². The number of carbonyl (C=O) groups excluding carboxylic acids is 1. The van der Waals surface area contributed by atoms with Crippen molar-refractivity contribution in [3.63, 3.8) is 0 Å². The van der Waals surface area contributed by atoms with E-state index < -0.39 is 5.41 Å². The molecule has 3 unspecified atom stereocenters. The summed E-state index contributed by atoms with van der Waals surface area (Å²) in [6, 6.07) is 10.4. The fraction of sp³-hybridized carbons (Fsp3) is 0.429. The van der Waals surface area contributed by atoms with Crippen LogP contribution < -0.4 is 0 Å². The number of hydrogen-bond acceptors (Lipinski definition) is 4. The zero-order chi connectivity index (χ0) is 26.3. The molecule has 3 aromatic rings. The lowest BCUT2D eigenvalue weighted by Crippen LogP contribution is -2.37. The number of benzene rings is 1. The van der Waals surface area contributed by atoms with Gasteiger partial charge in [-0.1, -0.05) is 51.2 Å². The van der Waals surface area contributed by atoms with E-state index in [9.17, 15) is 4.79 Å². The Morgan fingerprint density at radius 2 is 2.11 bits per heavy atom. The van der Waals surface area contributed by atoms with E-state index in [-0.39, 0.29) is 11.8 Å². The van der Waals surface area contributed by atoms with Gasteiger partial charge in [-0.3, -0.25) is 14.4 Å². The third kappa shape index (κ3) is 5.42. The van der Waals surface area contributed by atoms with Crippen molar-refractivity contribution in [3.05, 3.63) is 74.7 Å². The van der Waals surface area contributed by atoms with Gasteiger partial charge in [0.05, 0.1) is 10.9 Å². The van der Waals surface area contributed by atoms with Gasteiger partial charge in [0.1, 0.15) is 5.69 Å². The minimum atomic E-state index is -1.67. The molecule has 1 saturated heterocycles. The number of amides is 1. The Hall–Kier alpha value is -2.05. The molecule has 2 aliphatic heterocycles. The zero-order valence-electron chi connectivity index (χ0n) is 21.5. The molecule has 196 valence electrons. The molecule has 0 bridgehead atoms. The highest BCUT2D eigenvalue weighted by Gasteiger charge is 2.34. The van der Waals surface area contributed by atoms with Gasteiger partial charge in [-0.25, -0.2) is 4.39 Å². The molecule has 0 aliphatic carbocycles. The van der Waals surface area contributed by atoms with Crippen molar-refractivity contribution < 1.29 is 9.18 Å². The van der Waals surface area contributed by atoms with Gasteiger partial charge in [0.25, 0.3) is 0 Å². The van der Waals surface area contributed by atoms with Crippen LogP contribution in [-0.2, 0) is 23.3 Å². The maximum Gasteiger partial charge on any atom is 0.246 e. The van der Waals surface area contributed by atoms with E-state index in [1.807, 2.05) is 48.4 Å². The number of fused-ring (bicyclic) bond motifs is 1.